The van der Waals surface area contributed by atoms with Gasteiger partial charge in [-0.15, -0.1) is 0 Å². The fourth-order valence-electron chi connectivity index (χ4n) is 1.39. The van der Waals surface area contributed by atoms with Crippen molar-refractivity contribution in [3.63, 3.8) is 0 Å². The molecule has 1 amide bonds. The topological polar surface area (TPSA) is 55.1 Å². The highest BCUT2D eigenvalue weighted by Gasteiger charge is 2.15. The molecule has 3 nitrogen and oxygen atoms in total. The number of benzene rings is 1. The van der Waals surface area contributed by atoms with Crippen LogP contribution in [-0.2, 0) is 0 Å². The van der Waals surface area contributed by atoms with Crippen molar-refractivity contribution in [2.75, 3.05) is 6.54 Å². The van der Waals surface area contributed by atoms with Crippen LogP contribution in [0.15, 0.2) is 22.7 Å². The summed E-state index contributed by atoms with van der Waals surface area (Å²) in [6.45, 7) is 4.48. The molecule has 1 aromatic rings. The van der Waals surface area contributed by atoms with Crippen molar-refractivity contribution < 1.29 is 4.79 Å². The van der Waals surface area contributed by atoms with Crippen LogP contribution >= 0.6 is 27.5 Å². The first-order chi connectivity index (χ1) is 7.95. The smallest absolute Gasteiger partial charge is 0.251 e. The Hall–Kier alpha value is -0.580. The Kier molecular flexibility index (Phi) is 5.43. The normalized spacial score (nSPS) is 12.6. The minimum Gasteiger partial charge on any atom is -0.348 e. The highest BCUT2D eigenvalue weighted by Crippen LogP contribution is 2.23. The molecule has 3 N–H and O–H groups in total. The fraction of sp³-hybridized carbons (Fsp3) is 0.417. The van der Waals surface area contributed by atoms with E-state index in [9.17, 15) is 4.79 Å². The van der Waals surface area contributed by atoms with Gasteiger partial charge in [-0.2, -0.15) is 0 Å². The molecule has 0 aromatic heterocycles. The Balaban J connectivity index is 2.79. The summed E-state index contributed by atoms with van der Waals surface area (Å²) in [5, 5.41) is 3.49. The highest BCUT2D eigenvalue weighted by atomic mass is 79.9. The molecule has 1 aromatic carbocycles. The van der Waals surface area contributed by atoms with E-state index in [0.29, 0.717) is 27.5 Å². The summed E-state index contributed by atoms with van der Waals surface area (Å²) in [5.74, 6) is 0.172. The largest absolute Gasteiger partial charge is 0.348 e. The molecule has 0 saturated carbocycles. The molecule has 0 fully saturated rings. The number of nitrogens with two attached hydrogens (primary N) is 1. The molecule has 0 aliphatic heterocycles. The zero-order chi connectivity index (χ0) is 13.0. The van der Waals surface area contributed by atoms with Gasteiger partial charge in [0.25, 0.3) is 5.91 Å². The number of halogens is 2. The van der Waals surface area contributed by atoms with E-state index < -0.39 is 0 Å². The van der Waals surface area contributed by atoms with Gasteiger partial charge in [0.15, 0.2) is 0 Å². The van der Waals surface area contributed by atoms with E-state index in [2.05, 4.69) is 21.2 Å². The van der Waals surface area contributed by atoms with Gasteiger partial charge < -0.3 is 11.1 Å². The average molecular weight is 320 g/mol. The van der Waals surface area contributed by atoms with E-state index in [-0.39, 0.29) is 11.9 Å². The van der Waals surface area contributed by atoms with Crippen molar-refractivity contribution in [1.82, 2.24) is 5.32 Å². The number of hydrogen-bond donors (Lipinski definition) is 2. The van der Waals surface area contributed by atoms with Crippen molar-refractivity contribution in [2.45, 2.75) is 19.9 Å². The van der Waals surface area contributed by atoms with Crippen molar-refractivity contribution in [2.24, 2.45) is 11.7 Å². The first kappa shape index (κ1) is 14.5. The van der Waals surface area contributed by atoms with Gasteiger partial charge in [0.05, 0.1) is 5.02 Å². The van der Waals surface area contributed by atoms with Crippen LogP contribution in [-0.4, -0.2) is 18.5 Å². The maximum Gasteiger partial charge on any atom is 0.251 e. The number of amides is 1. The van der Waals surface area contributed by atoms with Crippen LogP contribution in [0.3, 0.4) is 0 Å². The summed E-state index contributed by atoms with van der Waals surface area (Å²) < 4.78 is 0.709. The summed E-state index contributed by atoms with van der Waals surface area (Å²) in [5.41, 5.74) is 6.18. The molecule has 17 heavy (non-hydrogen) atoms. The summed E-state index contributed by atoms with van der Waals surface area (Å²) in [6, 6.07) is 5.06. The first-order valence-electron chi connectivity index (χ1n) is 5.41. The van der Waals surface area contributed by atoms with Crippen LogP contribution in [0.25, 0.3) is 0 Å². The van der Waals surface area contributed by atoms with Crippen molar-refractivity contribution >= 4 is 33.4 Å². The summed E-state index contributed by atoms with van der Waals surface area (Å²) >= 11 is 9.16. The molecule has 1 unspecified atom stereocenters. The summed E-state index contributed by atoms with van der Waals surface area (Å²) in [7, 11) is 0. The van der Waals surface area contributed by atoms with E-state index in [1.54, 1.807) is 18.2 Å². The summed E-state index contributed by atoms with van der Waals surface area (Å²) in [4.78, 5) is 12.0. The van der Waals surface area contributed by atoms with Crippen molar-refractivity contribution in [3.05, 3.63) is 33.3 Å². The molecule has 5 heteroatoms. The van der Waals surface area contributed by atoms with E-state index >= 15 is 0 Å². The van der Waals surface area contributed by atoms with Gasteiger partial charge in [0.2, 0.25) is 0 Å². The molecule has 94 valence electrons. The van der Waals surface area contributed by atoms with Crippen molar-refractivity contribution in [1.29, 1.82) is 0 Å². The lowest BCUT2D eigenvalue weighted by atomic mass is 10.0. The van der Waals surface area contributed by atoms with Gasteiger partial charge in [-0.05, 0) is 40.0 Å². The minimum absolute atomic E-state index is 0.0167. The lowest BCUT2D eigenvalue weighted by Gasteiger charge is -2.20. The van der Waals surface area contributed by atoms with Crippen LogP contribution in [0.2, 0.25) is 5.02 Å². The Bertz CT molecular complexity index is 409. The zero-order valence-electron chi connectivity index (χ0n) is 9.84. The SMILES string of the molecule is CC(C)C(CN)NC(=O)c1ccc(Cl)c(Br)c1. The van der Waals surface area contributed by atoms with Gasteiger partial charge in [0, 0.05) is 22.6 Å². The predicted molar refractivity (Wildman–Crippen MR) is 74.3 cm³/mol. The average Bonchev–Trinajstić information content (AvgIpc) is 2.28. The third kappa shape index (κ3) is 3.98. The fourth-order valence-corrected chi connectivity index (χ4v) is 1.88. The van der Waals surface area contributed by atoms with Gasteiger partial charge >= 0.3 is 0 Å². The maximum atomic E-state index is 12.0. The molecule has 0 spiro atoms. The number of hydrogen-bond acceptors (Lipinski definition) is 2. The molecular formula is C12H16BrClN2O. The highest BCUT2D eigenvalue weighted by molar-refractivity contribution is 9.10. The van der Waals surface area contributed by atoms with E-state index in [1.165, 1.54) is 0 Å². The molecular weight excluding hydrogens is 304 g/mol. The molecule has 0 aliphatic rings. The second-order valence-electron chi connectivity index (χ2n) is 4.19. The van der Waals surface area contributed by atoms with Gasteiger partial charge in [0.1, 0.15) is 0 Å². The van der Waals surface area contributed by atoms with Gasteiger partial charge in [-0.1, -0.05) is 25.4 Å². The van der Waals surface area contributed by atoms with Gasteiger partial charge in [-0.3, -0.25) is 4.79 Å². The second kappa shape index (κ2) is 6.38. The van der Waals surface area contributed by atoms with E-state index in [0.717, 1.165) is 0 Å². The standard InChI is InChI=1S/C12H16BrClN2O/c1-7(2)11(6-15)16-12(17)8-3-4-10(14)9(13)5-8/h3-5,7,11H,6,15H2,1-2H3,(H,16,17). The Morgan fingerprint density at radius 2 is 2.18 bits per heavy atom. The molecule has 0 bridgehead atoms. The summed E-state index contributed by atoms with van der Waals surface area (Å²) in [6.07, 6.45) is 0. The van der Waals surface area contributed by atoms with Crippen LogP contribution in [0.1, 0.15) is 24.2 Å². The quantitative estimate of drug-likeness (QED) is 0.896. The minimum atomic E-state index is -0.133. The third-order valence-electron chi connectivity index (χ3n) is 2.56. The molecule has 0 radical (unpaired) electrons. The first-order valence-corrected chi connectivity index (χ1v) is 6.58. The van der Waals surface area contributed by atoms with Gasteiger partial charge in [-0.25, -0.2) is 0 Å². The van der Waals surface area contributed by atoms with Crippen molar-refractivity contribution in [3.8, 4) is 0 Å². The van der Waals surface area contributed by atoms with Crippen LogP contribution in [0, 0.1) is 5.92 Å². The number of carbonyl (C=O) groups is 1. The zero-order valence-corrected chi connectivity index (χ0v) is 12.2. The molecule has 1 atom stereocenters. The Morgan fingerprint density at radius 1 is 1.53 bits per heavy atom. The predicted octanol–water partition coefficient (Wildman–Crippen LogP) is 2.82. The Morgan fingerprint density at radius 3 is 2.65 bits per heavy atom. The molecule has 0 aliphatic carbocycles. The molecule has 0 heterocycles. The maximum absolute atomic E-state index is 12.0. The second-order valence-corrected chi connectivity index (χ2v) is 5.45. The monoisotopic (exact) mass is 318 g/mol. The number of carbonyl (C=O) groups excluding carboxylic acids is 1. The van der Waals surface area contributed by atoms with Crippen LogP contribution in [0.4, 0.5) is 0 Å². The third-order valence-corrected chi connectivity index (χ3v) is 3.77. The Labute approximate surface area is 115 Å². The number of nitrogens with one attached hydrogen (secondary N) is 1. The lowest BCUT2D eigenvalue weighted by molar-refractivity contribution is 0.0927. The van der Waals surface area contributed by atoms with E-state index in [4.69, 9.17) is 17.3 Å². The molecule has 0 saturated heterocycles. The van der Waals surface area contributed by atoms with Crippen LogP contribution < -0.4 is 11.1 Å². The molecule has 1 rings (SSSR count). The van der Waals surface area contributed by atoms with Crippen LogP contribution in [0.5, 0.6) is 0 Å². The van der Waals surface area contributed by atoms with E-state index in [1.807, 2.05) is 13.8 Å². The number of rotatable bonds is 4. The lowest BCUT2D eigenvalue weighted by Crippen LogP contribution is -2.43.